The summed E-state index contributed by atoms with van der Waals surface area (Å²) in [6, 6.07) is 5.60. The summed E-state index contributed by atoms with van der Waals surface area (Å²) < 4.78 is 5.44. The fourth-order valence-electron chi connectivity index (χ4n) is 2.25. The Kier molecular flexibility index (Phi) is 3.68. The first-order valence-electron chi connectivity index (χ1n) is 6.26. The van der Waals surface area contributed by atoms with E-state index in [1.54, 1.807) is 0 Å². The first-order chi connectivity index (χ1) is 8.52. The van der Waals surface area contributed by atoms with Gasteiger partial charge in [-0.15, -0.1) is 0 Å². The third-order valence-corrected chi connectivity index (χ3v) is 3.43. The minimum Gasteiger partial charge on any atom is -0.441 e. The highest BCUT2D eigenvalue weighted by molar-refractivity contribution is 5.73. The zero-order chi connectivity index (χ0) is 13.3. The maximum Gasteiger partial charge on any atom is 0.192 e. The van der Waals surface area contributed by atoms with Gasteiger partial charge in [0.15, 0.2) is 11.5 Å². The molecule has 0 fully saturated rings. The lowest BCUT2D eigenvalue weighted by molar-refractivity contribution is 0.166. The van der Waals surface area contributed by atoms with E-state index in [1.807, 2.05) is 25.1 Å². The van der Waals surface area contributed by atoms with Crippen LogP contribution < -0.4 is 5.73 Å². The van der Waals surface area contributed by atoms with Crippen molar-refractivity contribution in [2.75, 3.05) is 6.61 Å². The van der Waals surface area contributed by atoms with Crippen molar-refractivity contribution in [3.05, 3.63) is 29.7 Å². The maximum absolute atomic E-state index is 9.43. The Balaban J connectivity index is 2.34. The summed E-state index contributed by atoms with van der Waals surface area (Å²) in [5.41, 5.74) is 8.81. The molecule has 1 heterocycles. The van der Waals surface area contributed by atoms with Crippen LogP contribution in [0.1, 0.15) is 31.3 Å². The first kappa shape index (κ1) is 13.1. The van der Waals surface area contributed by atoms with Crippen LogP contribution in [0, 0.1) is 18.8 Å². The van der Waals surface area contributed by atoms with Crippen LogP contribution in [-0.4, -0.2) is 16.7 Å². The number of aryl methyl sites for hydroxylation is 1. The molecule has 1 aromatic heterocycles. The van der Waals surface area contributed by atoms with Crippen molar-refractivity contribution in [2.24, 2.45) is 17.6 Å². The molecule has 0 aliphatic carbocycles. The summed E-state index contributed by atoms with van der Waals surface area (Å²) in [5.74, 6) is 1.04. The van der Waals surface area contributed by atoms with E-state index in [9.17, 15) is 5.11 Å². The van der Waals surface area contributed by atoms with Gasteiger partial charge in [0, 0.05) is 25.5 Å². The van der Waals surface area contributed by atoms with E-state index in [0.717, 1.165) is 16.7 Å². The Labute approximate surface area is 107 Å². The molecule has 2 atom stereocenters. The molecule has 4 nitrogen and oxygen atoms in total. The Morgan fingerprint density at radius 3 is 2.72 bits per heavy atom. The predicted octanol–water partition coefficient (Wildman–Crippen LogP) is 2.40. The third-order valence-electron chi connectivity index (χ3n) is 3.43. The molecule has 0 amide bonds. The van der Waals surface area contributed by atoms with E-state index in [1.165, 1.54) is 0 Å². The number of nitrogens with zero attached hydrogens (tertiary/aromatic N) is 1. The molecule has 98 valence electrons. The molecule has 2 unspecified atom stereocenters. The number of aromatic nitrogens is 1. The molecule has 0 saturated heterocycles. The Morgan fingerprint density at radius 2 is 2.11 bits per heavy atom. The molecule has 0 radical (unpaired) electrons. The highest BCUT2D eigenvalue weighted by Gasteiger charge is 2.22. The molecule has 4 heteroatoms. The predicted molar refractivity (Wildman–Crippen MR) is 71.1 cm³/mol. The molecule has 0 aliphatic rings. The number of aliphatic hydroxyl groups is 1. The number of hydrogen-bond donors (Lipinski definition) is 2. The van der Waals surface area contributed by atoms with Gasteiger partial charge in [-0.2, -0.15) is 0 Å². The van der Waals surface area contributed by atoms with Gasteiger partial charge in [-0.25, -0.2) is 4.98 Å². The lowest BCUT2D eigenvalue weighted by Gasteiger charge is -2.25. The second-order valence-electron chi connectivity index (χ2n) is 5.08. The molecule has 3 N–H and O–H groups in total. The summed E-state index contributed by atoms with van der Waals surface area (Å²) in [5, 5.41) is 9.43. The van der Waals surface area contributed by atoms with Crippen molar-refractivity contribution in [1.29, 1.82) is 0 Å². The van der Waals surface area contributed by atoms with Gasteiger partial charge >= 0.3 is 0 Å². The molecular weight excluding hydrogens is 228 g/mol. The zero-order valence-corrected chi connectivity index (χ0v) is 11.1. The molecule has 2 rings (SSSR count). The summed E-state index contributed by atoms with van der Waals surface area (Å²) in [4.78, 5) is 4.30. The summed E-state index contributed by atoms with van der Waals surface area (Å²) in [6.45, 7) is 6.05. The van der Waals surface area contributed by atoms with Crippen molar-refractivity contribution in [2.45, 2.75) is 26.8 Å². The molecule has 18 heavy (non-hydrogen) atoms. The van der Waals surface area contributed by atoms with Crippen molar-refractivity contribution in [3.63, 3.8) is 0 Å². The van der Waals surface area contributed by atoms with E-state index in [4.69, 9.17) is 10.2 Å². The van der Waals surface area contributed by atoms with E-state index >= 15 is 0 Å². The standard InChI is InChI=1S/C14H20N2O2/c1-8(2)11(7-17)14(15)10-4-5-13-12(6-10)16-9(3)18-13/h4-6,8,11,14,17H,7,15H2,1-3H3. The van der Waals surface area contributed by atoms with Gasteiger partial charge in [0.05, 0.1) is 0 Å². The quantitative estimate of drug-likeness (QED) is 0.871. The van der Waals surface area contributed by atoms with Crippen molar-refractivity contribution in [1.82, 2.24) is 4.98 Å². The molecule has 0 spiro atoms. The minimum absolute atomic E-state index is 0.0513. The molecule has 0 bridgehead atoms. The van der Waals surface area contributed by atoms with Gasteiger partial charge in [-0.3, -0.25) is 0 Å². The topological polar surface area (TPSA) is 72.3 Å². The van der Waals surface area contributed by atoms with Crippen LogP contribution in [0.15, 0.2) is 22.6 Å². The van der Waals surface area contributed by atoms with E-state index in [0.29, 0.717) is 11.8 Å². The Hall–Kier alpha value is -1.39. The van der Waals surface area contributed by atoms with Crippen molar-refractivity contribution in [3.8, 4) is 0 Å². The smallest absolute Gasteiger partial charge is 0.192 e. The maximum atomic E-state index is 9.43. The van der Waals surface area contributed by atoms with Crippen molar-refractivity contribution < 1.29 is 9.52 Å². The Morgan fingerprint density at radius 1 is 1.39 bits per heavy atom. The molecular formula is C14H20N2O2. The van der Waals surface area contributed by atoms with Gasteiger partial charge in [0.25, 0.3) is 0 Å². The highest BCUT2D eigenvalue weighted by Crippen LogP contribution is 2.28. The average Bonchev–Trinajstić information content (AvgIpc) is 2.68. The van der Waals surface area contributed by atoms with Crippen LogP contribution in [0.5, 0.6) is 0 Å². The van der Waals surface area contributed by atoms with Gasteiger partial charge in [0.1, 0.15) is 5.52 Å². The number of aliphatic hydroxyl groups excluding tert-OH is 1. The average molecular weight is 248 g/mol. The number of rotatable bonds is 4. The summed E-state index contributed by atoms with van der Waals surface area (Å²) in [7, 11) is 0. The van der Waals surface area contributed by atoms with Gasteiger partial charge in [-0.05, 0) is 23.6 Å². The normalized spacial score (nSPS) is 15.2. The van der Waals surface area contributed by atoms with Crippen LogP contribution in [0.3, 0.4) is 0 Å². The number of fused-ring (bicyclic) bond motifs is 1. The molecule has 0 aliphatic heterocycles. The third kappa shape index (κ3) is 2.40. The fourth-order valence-corrected chi connectivity index (χ4v) is 2.25. The second-order valence-corrected chi connectivity index (χ2v) is 5.08. The lowest BCUT2D eigenvalue weighted by Crippen LogP contribution is -2.28. The lowest BCUT2D eigenvalue weighted by atomic mass is 9.85. The SMILES string of the molecule is Cc1nc2cc(C(N)C(CO)C(C)C)ccc2o1. The van der Waals surface area contributed by atoms with Crippen molar-refractivity contribution >= 4 is 11.1 Å². The largest absolute Gasteiger partial charge is 0.441 e. The van der Waals surface area contributed by atoms with E-state index < -0.39 is 0 Å². The molecule has 1 aromatic carbocycles. The summed E-state index contributed by atoms with van der Waals surface area (Å²) in [6.07, 6.45) is 0. The van der Waals surface area contributed by atoms with Gasteiger partial charge < -0.3 is 15.3 Å². The Bertz CT molecular complexity index is 534. The highest BCUT2D eigenvalue weighted by atomic mass is 16.3. The van der Waals surface area contributed by atoms with Crippen LogP contribution in [-0.2, 0) is 0 Å². The van der Waals surface area contributed by atoms with Crippen LogP contribution in [0.25, 0.3) is 11.1 Å². The fraction of sp³-hybridized carbons (Fsp3) is 0.500. The number of nitrogens with two attached hydrogens (primary N) is 1. The van der Waals surface area contributed by atoms with Crippen LogP contribution >= 0.6 is 0 Å². The number of benzene rings is 1. The first-order valence-corrected chi connectivity index (χ1v) is 6.26. The van der Waals surface area contributed by atoms with Crippen LogP contribution in [0.2, 0.25) is 0 Å². The minimum atomic E-state index is -0.184. The zero-order valence-electron chi connectivity index (χ0n) is 11.1. The monoisotopic (exact) mass is 248 g/mol. The van der Waals surface area contributed by atoms with Gasteiger partial charge in [0.2, 0.25) is 0 Å². The number of oxazole rings is 1. The van der Waals surface area contributed by atoms with Gasteiger partial charge in [-0.1, -0.05) is 19.9 Å². The molecule has 2 aromatic rings. The second kappa shape index (κ2) is 5.08. The molecule has 0 saturated carbocycles. The summed E-state index contributed by atoms with van der Waals surface area (Å²) >= 11 is 0. The van der Waals surface area contributed by atoms with E-state index in [2.05, 4.69) is 18.8 Å². The van der Waals surface area contributed by atoms with Crippen LogP contribution in [0.4, 0.5) is 0 Å². The number of hydrogen-bond acceptors (Lipinski definition) is 4. The van der Waals surface area contributed by atoms with E-state index in [-0.39, 0.29) is 18.6 Å².